The summed E-state index contributed by atoms with van der Waals surface area (Å²) in [5.41, 5.74) is 1.69. The van der Waals surface area contributed by atoms with Gasteiger partial charge in [0.1, 0.15) is 12.4 Å². The maximum atomic E-state index is 11.2. The number of benzene rings is 2. The van der Waals surface area contributed by atoms with Crippen molar-refractivity contribution < 1.29 is 38.9 Å². The number of carbonyl (C=O) groups is 1. The van der Waals surface area contributed by atoms with E-state index in [1.165, 1.54) is 0 Å². The first kappa shape index (κ1) is 25.2. The molecular formula is C24H30O8. The van der Waals surface area contributed by atoms with Crippen LogP contribution in [-0.2, 0) is 25.7 Å². The Labute approximate surface area is 188 Å². The molecule has 32 heavy (non-hydrogen) atoms. The van der Waals surface area contributed by atoms with Crippen LogP contribution >= 0.6 is 0 Å². The van der Waals surface area contributed by atoms with Crippen LogP contribution in [0.15, 0.2) is 48.5 Å². The molecule has 0 bridgehead atoms. The van der Waals surface area contributed by atoms with Crippen molar-refractivity contribution >= 4 is 12.0 Å². The summed E-state index contributed by atoms with van der Waals surface area (Å²) in [7, 11) is 0. The molecule has 1 N–H and O–H groups in total. The lowest BCUT2D eigenvalue weighted by Crippen LogP contribution is -2.26. The van der Waals surface area contributed by atoms with Crippen molar-refractivity contribution in [2.24, 2.45) is 0 Å². The van der Waals surface area contributed by atoms with Crippen molar-refractivity contribution in [3.05, 3.63) is 59.7 Å². The molecule has 0 amide bonds. The standard InChI is InChI=1S/C24H30O8/c1-4-27-23(24(25)26)16-18-9-11-20(12-10-18)28-13-7-8-19-14-21(31-29-5-2)17-22(15-19)32-30-6-3/h7-12,14-15,17,23H,4-6,13,16H2,1-3H3,(H,25,26)/t23-/m0/s1. The molecule has 0 aromatic heterocycles. The minimum absolute atomic E-state index is 0.301. The Morgan fingerprint density at radius 3 is 2.06 bits per heavy atom. The van der Waals surface area contributed by atoms with Crippen LogP contribution in [0.25, 0.3) is 6.08 Å². The summed E-state index contributed by atoms with van der Waals surface area (Å²) in [4.78, 5) is 31.6. The van der Waals surface area contributed by atoms with Crippen molar-refractivity contribution in [3.63, 3.8) is 0 Å². The lowest BCUT2D eigenvalue weighted by molar-refractivity contribution is -0.207. The molecule has 174 valence electrons. The van der Waals surface area contributed by atoms with Crippen LogP contribution in [0.3, 0.4) is 0 Å². The van der Waals surface area contributed by atoms with Crippen molar-refractivity contribution in [2.45, 2.75) is 33.3 Å². The fourth-order valence-corrected chi connectivity index (χ4v) is 2.72. The Hall–Kier alpha value is -3.07. The zero-order valence-electron chi connectivity index (χ0n) is 18.6. The molecule has 0 spiro atoms. The number of aliphatic carboxylic acids is 1. The van der Waals surface area contributed by atoms with Crippen LogP contribution < -0.4 is 14.5 Å². The maximum Gasteiger partial charge on any atom is 0.333 e. The van der Waals surface area contributed by atoms with Gasteiger partial charge >= 0.3 is 5.97 Å². The van der Waals surface area contributed by atoms with Gasteiger partial charge in [-0.1, -0.05) is 18.2 Å². The molecule has 0 unspecified atom stereocenters. The van der Waals surface area contributed by atoms with Crippen LogP contribution in [-0.4, -0.2) is 43.6 Å². The second-order valence-corrected chi connectivity index (χ2v) is 6.56. The first-order valence-electron chi connectivity index (χ1n) is 10.5. The van der Waals surface area contributed by atoms with Crippen LogP contribution in [0, 0.1) is 0 Å². The lowest BCUT2D eigenvalue weighted by atomic mass is 10.1. The summed E-state index contributed by atoms with van der Waals surface area (Å²) in [6.45, 7) is 6.95. The molecule has 8 nitrogen and oxygen atoms in total. The van der Waals surface area contributed by atoms with Crippen LogP contribution in [0.1, 0.15) is 31.9 Å². The fourth-order valence-electron chi connectivity index (χ4n) is 2.72. The molecule has 8 heteroatoms. The van der Waals surface area contributed by atoms with Gasteiger partial charge in [0.05, 0.1) is 13.2 Å². The average Bonchev–Trinajstić information content (AvgIpc) is 2.79. The third-order valence-corrected chi connectivity index (χ3v) is 4.09. The van der Waals surface area contributed by atoms with Crippen LogP contribution in [0.2, 0.25) is 0 Å². The number of hydrogen-bond acceptors (Lipinski definition) is 7. The molecule has 0 aliphatic rings. The monoisotopic (exact) mass is 446 g/mol. The Kier molecular flexibility index (Phi) is 11.1. The van der Waals surface area contributed by atoms with Gasteiger partial charge in [-0.25, -0.2) is 4.79 Å². The van der Waals surface area contributed by atoms with E-state index in [1.807, 2.05) is 38.1 Å². The number of ether oxygens (including phenoxy) is 2. The van der Waals surface area contributed by atoms with Crippen molar-refractivity contribution in [3.8, 4) is 17.2 Å². The normalized spacial score (nSPS) is 12.0. The molecule has 0 heterocycles. The van der Waals surface area contributed by atoms with Gasteiger partial charge < -0.3 is 24.4 Å². The summed E-state index contributed by atoms with van der Waals surface area (Å²) in [5.74, 6) is 0.692. The fraction of sp³-hybridized carbons (Fsp3) is 0.375. The highest BCUT2D eigenvalue weighted by Gasteiger charge is 2.17. The van der Waals surface area contributed by atoms with E-state index in [9.17, 15) is 9.90 Å². The molecule has 0 radical (unpaired) electrons. The summed E-state index contributed by atoms with van der Waals surface area (Å²) in [6.07, 6.45) is 3.17. The predicted octanol–water partition coefficient (Wildman–Crippen LogP) is 4.47. The van der Waals surface area contributed by atoms with Crippen LogP contribution in [0.5, 0.6) is 17.2 Å². The van der Waals surface area contributed by atoms with Crippen LogP contribution in [0.4, 0.5) is 0 Å². The van der Waals surface area contributed by atoms with Gasteiger partial charge in [0, 0.05) is 19.1 Å². The molecule has 0 saturated heterocycles. The maximum absolute atomic E-state index is 11.2. The second kappa shape index (κ2) is 14.1. The largest absolute Gasteiger partial charge is 0.490 e. The SMILES string of the molecule is CCOOc1cc(C=CCOc2ccc(C[C@H](OCC)C(=O)O)cc2)cc(OOCC)c1. The van der Waals surface area contributed by atoms with Gasteiger partial charge in [0.2, 0.25) is 0 Å². The van der Waals surface area contributed by atoms with Gasteiger partial charge in [-0.3, -0.25) is 0 Å². The van der Waals surface area contributed by atoms with Gasteiger partial charge in [-0.2, -0.15) is 9.78 Å². The number of rotatable bonds is 15. The van der Waals surface area contributed by atoms with E-state index in [4.69, 9.17) is 29.0 Å². The van der Waals surface area contributed by atoms with Gasteiger partial charge in [0.15, 0.2) is 17.6 Å². The first-order chi connectivity index (χ1) is 15.5. The van der Waals surface area contributed by atoms with Gasteiger partial charge in [0.25, 0.3) is 0 Å². The molecular weight excluding hydrogens is 416 g/mol. The third kappa shape index (κ3) is 8.97. The molecule has 2 rings (SSSR count). The highest BCUT2D eigenvalue weighted by atomic mass is 17.2. The van der Waals surface area contributed by atoms with E-state index in [0.29, 0.717) is 50.1 Å². The highest BCUT2D eigenvalue weighted by Crippen LogP contribution is 2.24. The quantitative estimate of drug-likeness (QED) is 0.316. The van der Waals surface area contributed by atoms with E-state index in [-0.39, 0.29) is 0 Å². The predicted molar refractivity (Wildman–Crippen MR) is 119 cm³/mol. The van der Waals surface area contributed by atoms with Crippen molar-refractivity contribution in [1.29, 1.82) is 0 Å². The van der Waals surface area contributed by atoms with E-state index >= 15 is 0 Å². The summed E-state index contributed by atoms with van der Waals surface area (Å²) in [5, 5.41) is 9.19. The number of hydrogen-bond donors (Lipinski definition) is 1. The number of carboxylic acid groups (broad SMARTS) is 1. The minimum atomic E-state index is -0.970. The topological polar surface area (TPSA) is 92.7 Å². The van der Waals surface area contributed by atoms with Crippen molar-refractivity contribution in [1.82, 2.24) is 0 Å². The molecule has 0 saturated carbocycles. The molecule has 0 aliphatic carbocycles. The molecule has 0 fully saturated rings. The van der Waals surface area contributed by atoms with E-state index in [0.717, 1.165) is 11.1 Å². The summed E-state index contributed by atoms with van der Waals surface area (Å²) >= 11 is 0. The smallest absolute Gasteiger partial charge is 0.333 e. The Bertz CT molecular complexity index is 821. The van der Waals surface area contributed by atoms with E-state index < -0.39 is 12.1 Å². The first-order valence-corrected chi connectivity index (χ1v) is 10.5. The minimum Gasteiger partial charge on any atom is -0.490 e. The van der Waals surface area contributed by atoms with Crippen molar-refractivity contribution in [2.75, 3.05) is 26.4 Å². The Balaban J connectivity index is 1.93. The zero-order chi connectivity index (χ0) is 23.2. The Morgan fingerprint density at radius 2 is 1.53 bits per heavy atom. The van der Waals surface area contributed by atoms with Gasteiger partial charge in [-0.15, -0.1) is 0 Å². The molecule has 0 aliphatic heterocycles. The molecule has 1 atom stereocenters. The van der Waals surface area contributed by atoms with E-state index in [2.05, 4.69) is 0 Å². The Morgan fingerprint density at radius 1 is 0.906 bits per heavy atom. The number of carboxylic acids is 1. The average molecular weight is 446 g/mol. The summed E-state index contributed by atoms with van der Waals surface area (Å²) < 4.78 is 11.0. The third-order valence-electron chi connectivity index (χ3n) is 4.09. The second-order valence-electron chi connectivity index (χ2n) is 6.56. The van der Waals surface area contributed by atoms with E-state index in [1.54, 1.807) is 37.3 Å². The van der Waals surface area contributed by atoms with Gasteiger partial charge in [-0.05, 0) is 62.2 Å². The lowest BCUT2D eigenvalue weighted by Gasteiger charge is -2.12. The molecule has 2 aromatic carbocycles. The molecule has 2 aromatic rings. The zero-order valence-corrected chi connectivity index (χ0v) is 18.6. The highest BCUT2D eigenvalue weighted by molar-refractivity contribution is 5.72. The summed E-state index contributed by atoms with van der Waals surface area (Å²) in [6, 6.07) is 12.5.